The zero-order chi connectivity index (χ0) is 21.0. The minimum absolute atomic E-state index is 0.0477. The van der Waals surface area contributed by atoms with E-state index in [4.69, 9.17) is 21.1 Å². The minimum Gasteiger partial charge on any atom is -0.497 e. The number of anilines is 1. The quantitative estimate of drug-likeness (QED) is 0.741. The summed E-state index contributed by atoms with van der Waals surface area (Å²) in [6, 6.07) is 9.14. The Hall–Kier alpha value is -2.29. The van der Waals surface area contributed by atoms with Crippen LogP contribution in [0.4, 0.5) is 5.69 Å². The molecule has 1 saturated heterocycles. The van der Waals surface area contributed by atoms with E-state index in [2.05, 4.69) is 5.32 Å². The largest absolute Gasteiger partial charge is 0.497 e. The van der Waals surface area contributed by atoms with Crippen molar-refractivity contribution in [2.45, 2.75) is 24.2 Å². The van der Waals surface area contributed by atoms with Crippen LogP contribution in [0.3, 0.4) is 0 Å². The molecule has 1 heterocycles. The van der Waals surface area contributed by atoms with Gasteiger partial charge < -0.3 is 14.8 Å². The van der Waals surface area contributed by atoms with Gasteiger partial charge >= 0.3 is 0 Å². The maximum Gasteiger partial charge on any atom is 0.257 e. The third-order valence-corrected chi connectivity index (χ3v) is 7.01. The number of methoxy groups -OCH3 is 2. The van der Waals surface area contributed by atoms with Gasteiger partial charge in [-0.05, 0) is 43.2 Å². The SMILES string of the molecule is COc1ccc(OC)c(NC(=O)c2cc(S(=O)(=O)N3CCCCC3)ccc2Cl)c1. The van der Waals surface area contributed by atoms with Crippen molar-refractivity contribution >= 4 is 33.2 Å². The summed E-state index contributed by atoms with van der Waals surface area (Å²) in [7, 11) is -0.686. The first-order valence-electron chi connectivity index (χ1n) is 9.20. The van der Waals surface area contributed by atoms with Crippen molar-refractivity contribution in [1.82, 2.24) is 4.31 Å². The summed E-state index contributed by atoms with van der Waals surface area (Å²) in [5.41, 5.74) is 0.451. The number of carbonyl (C=O) groups is 1. The molecule has 0 radical (unpaired) electrons. The average molecular weight is 439 g/mol. The molecule has 1 aliphatic rings. The van der Waals surface area contributed by atoms with Crippen molar-refractivity contribution in [1.29, 1.82) is 0 Å². The number of amides is 1. The Balaban J connectivity index is 1.91. The van der Waals surface area contributed by atoms with Gasteiger partial charge in [-0.15, -0.1) is 0 Å². The highest BCUT2D eigenvalue weighted by Gasteiger charge is 2.27. The summed E-state index contributed by atoms with van der Waals surface area (Å²) in [6.07, 6.45) is 2.67. The Kier molecular flexibility index (Phi) is 6.66. The van der Waals surface area contributed by atoms with E-state index in [0.29, 0.717) is 30.3 Å². The van der Waals surface area contributed by atoms with Gasteiger partial charge in [0.25, 0.3) is 5.91 Å². The Morgan fingerprint density at radius 2 is 1.76 bits per heavy atom. The van der Waals surface area contributed by atoms with E-state index >= 15 is 0 Å². The van der Waals surface area contributed by atoms with Crippen LogP contribution in [0.1, 0.15) is 29.6 Å². The summed E-state index contributed by atoms with van der Waals surface area (Å²) >= 11 is 6.20. The summed E-state index contributed by atoms with van der Waals surface area (Å²) in [6.45, 7) is 0.959. The smallest absolute Gasteiger partial charge is 0.257 e. The third-order valence-electron chi connectivity index (χ3n) is 4.79. The van der Waals surface area contributed by atoms with E-state index < -0.39 is 15.9 Å². The highest BCUT2D eigenvalue weighted by molar-refractivity contribution is 7.89. The molecule has 1 aliphatic heterocycles. The predicted octanol–water partition coefficient (Wildman–Crippen LogP) is 3.78. The molecule has 1 amide bonds. The monoisotopic (exact) mass is 438 g/mol. The van der Waals surface area contributed by atoms with Crippen molar-refractivity contribution in [3.63, 3.8) is 0 Å². The Bertz CT molecular complexity index is 1000. The van der Waals surface area contributed by atoms with E-state index in [-0.39, 0.29) is 15.5 Å². The fourth-order valence-electron chi connectivity index (χ4n) is 3.19. The Morgan fingerprint density at radius 3 is 2.41 bits per heavy atom. The van der Waals surface area contributed by atoms with Crippen LogP contribution in [-0.2, 0) is 10.0 Å². The van der Waals surface area contributed by atoms with Crippen molar-refractivity contribution in [2.75, 3.05) is 32.6 Å². The second-order valence-electron chi connectivity index (χ2n) is 6.63. The highest BCUT2D eigenvalue weighted by Crippen LogP contribution is 2.31. The molecule has 0 spiro atoms. The topological polar surface area (TPSA) is 84.9 Å². The molecule has 7 nitrogen and oxygen atoms in total. The van der Waals surface area contributed by atoms with Gasteiger partial charge in [0.2, 0.25) is 10.0 Å². The molecule has 1 fully saturated rings. The molecule has 2 aromatic rings. The highest BCUT2D eigenvalue weighted by atomic mass is 35.5. The molecule has 0 aromatic heterocycles. The zero-order valence-electron chi connectivity index (χ0n) is 16.3. The molecule has 0 bridgehead atoms. The fraction of sp³-hybridized carbons (Fsp3) is 0.350. The van der Waals surface area contributed by atoms with Crippen LogP contribution < -0.4 is 14.8 Å². The van der Waals surface area contributed by atoms with Crippen LogP contribution >= 0.6 is 11.6 Å². The summed E-state index contributed by atoms with van der Waals surface area (Å²) in [5.74, 6) is 0.429. The second kappa shape index (κ2) is 9.02. The lowest BCUT2D eigenvalue weighted by molar-refractivity contribution is 0.102. The summed E-state index contributed by atoms with van der Waals surface area (Å²) in [4.78, 5) is 12.9. The van der Waals surface area contributed by atoms with Gasteiger partial charge in [-0.2, -0.15) is 4.31 Å². The first kappa shape index (κ1) is 21.4. The predicted molar refractivity (Wildman–Crippen MR) is 112 cm³/mol. The lowest BCUT2D eigenvalue weighted by Gasteiger charge is -2.26. The number of nitrogens with zero attached hydrogens (tertiary/aromatic N) is 1. The van der Waals surface area contributed by atoms with Crippen molar-refractivity contribution in [3.8, 4) is 11.5 Å². The maximum atomic E-state index is 12.9. The molecule has 29 heavy (non-hydrogen) atoms. The maximum absolute atomic E-state index is 12.9. The summed E-state index contributed by atoms with van der Waals surface area (Å²) < 4.78 is 37.8. The first-order valence-corrected chi connectivity index (χ1v) is 11.0. The van der Waals surface area contributed by atoms with Gasteiger partial charge in [0, 0.05) is 19.2 Å². The van der Waals surface area contributed by atoms with Crippen molar-refractivity contribution in [2.24, 2.45) is 0 Å². The molecule has 2 aromatic carbocycles. The molecule has 0 atom stereocenters. The van der Waals surface area contributed by atoms with E-state index in [1.54, 1.807) is 18.2 Å². The van der Waals surface area contributed by atoms with Crippen LogP contribution in [-0.4, -0.2) is 45.9 Å². The van der Waals surface area contributed by atoms with E-state index in [1.165, 1.54) is 36.7 Å². The van der Waals surface area contributed by atoms with Crippen LogP contribution in [0.15, 0.2) is 41.3 Å². The van der Waals surface area contributed by atoms with E-state index in [0.717, 1.165) is 19.3 Å². The van der Waals surface area contributed by atoms with E-state index in [1.807, 2.05) is 0 Å². The zero-order valence-corrected chi connectivity index (χ0v) is 17.8. The van der Waals surface area contributed by atoms with Crippen LogP contribution in [0.25, 0.3) is 0 Å². The number of sulfonamides is 1. The molecule has 0 unspecified atom stereocenters. The van der Waals surface area contributed by atoms with Gasteiger partial charge in [0.05, 0.1) is 35.4 Å². The second-order valence-corrected chi connectivity index (χ2v) is 8.97. The number of carbonyl (C=O) groups excluding carboxylic acids is 1. The lowest BCUT2D eigenvalue weighted by atomic mass is 10.2. The number of hydrogen-bond acceptors (Lipinski definition) is 5. The molecule has 3 rings (SSSR count). The van der Waals surface area contributed by atoms with Gasteiger partial charge in [-0.25, -0.2) is 8.42 Å². The molecule has 9 heteroatoms. The normalized spacial score (nSPS) is 15.0. The minimum atomic E-state index is -3.68. The van der Waals surface area contributed by atoms with Crippen LogP contribution in [0, 0.1) is 0 Å². The van der Waals surface area contributed by atoms with Gasteiger partial charge in [0.15, 0.2) is 0 Å². The third kappa shape index (κ3) is 4.66. The average Bonchev–Trinajstić information content (AvgIpc) is 2.74. The molecule has 156 valence electrons. The van der Waals surface area contributed by atoms with Crippen molar-refractivity contribution < 1.29 is 22.7 Å². The number of benzene rings is 2. The molecule has 0 saturated carbocycles. The standard InChI is InChI=1S/C20H23ClN2O5S/c1-27-14-6-9-19(28-2)18(12-14)22-20(24)16-13-15(7-8-17(16)21)29(25,26)23-10-4-3-5-11-23/h6-9,12-13H,3-5,10-11H2,1-2H3,(H,22,24). The van der Waals surface area contributed by atoms with Gasteiger partial charge in [-0.1, -0.05) is 18.0 Å². The van der Waals surface area contributed by atoms with Crippen LogP contribution in [0.5, 0.6) is 11.5 Å². The van der Waals surface area contributed by atoms with Crippen molar-refractivity contribution in [3.05, 3.63) is 47.0 Å². The summed E-state index contributed by atoms with van der Waals surface area (Å²) in [5, 5.41) is 2.87. The molecular formula is C20H23ClN2O5S. The Labute approximate surface area is 175 Å². The number of ether oxygens (including phenoxy) is 2. The first-order chi connectivity index (χ1) is 13.9. The number of rotatable bonds is 6. The molecule has 1 N–H and O–H groups in total. The lowest BCUT2D eigenvalue weighted by Crippen LogP contribution is -2.35. The number of hydrogen-bond donors (Lipinski definition) is 1. The molecule has 0 aliphatic carbocycles. The number of nitrogens with one attached hydrogen (secondary N) is 1. The molecular weight excluding hydrogens is 416 g/mol. The Morgan fingerprint density at radius 1 is 1.03 bits per heavy atom. The number of halogens is 1. The van der Waals surface area contributed by atoms with Gasteiger partial charge in [0.1, 0.15) is 11.5 Å². The fourth-order valence-corrected chi connectivity index (χ4v) is 4.94. The number of piperidine rings is 1. The van der Waals surface area contributed by atoms with E-state index in [9.17, 15) is 13.2 Å². The van der Waals surface area contributed by atoms with Gasteiger partial charge in [-0.3, -0.25) is 4.79 Å². The van der Waals surface area contributed by atoms with Crippen LogP contribution in [0.2, 0.25) is 5.02 Å².